The molecule has 0 saturated carbocycles. The van der Waals surface area contributed by atoms with Gasteiger partial charge in [0.15, 0.2) is 0 Å². The van der Waals surface area contributed by atoms with Crippen molar-refractivity contribution in [1.29, 1.82) is 0 Å². The molecular formula is C28H20FN3O3. The number of rotatable bonds is 4. The van der Waals surface area contributed by atoms with Crippen LogP contribution in [0.3, 0.4) is 0 Å². The minimum absolute atomic E-state index is 0.198. The second-order valence-electron chi connectivity index (χ2n) is 8.70. The van der Waals surface area contributed by atoms with E-state index in [9.17, 15) is 9.90 Å². The molecule has 1 aliphatic rings. The number of aryl methyl sites for hydroxylation is 1. The van der Waals surface area contributed by atoms with E-state index < -0.39 is 11.8 Å². The van der Waals surface area contributed by atoms with Gasteiger partial charge in [0, 0.05) is 41.5 Å². The molecule has 0 atom stereocenters. The first kappa shape index (κ1) is 21.2. The summed E-state index contributed by atoms with van der Waals surface area (Å²) in [6, 6.07) is 10.6. The van der Waals surface area contributed by atoms with Crippen molar-refractivity contribution in [1.82, 2.24) is 15.0 Å². The van der Waals surface area contributed by atoms with Gasteiger partial charge in [0.05, 0.1) is 18.5 Å². The van der Waals surface area contributed by atoms with Crippen molar-refractivity contribution in [3.8, 4) is 28.0 Å². The Kier molecular flexibility index (Phi) is 4.91. The number of carbonyl (C=O) groups is 1. The molecule has 2 aromatic heterocycles. The van der Waals surface area contributed by atoms with Crippen LogP contribution >= 0.6 is 0 Å². The predicted octanol–water partition coefficient (Wildman–Crippen LogP) is 5.52. The van der Waals surface area contributed by atoms with E-state index in [0.29, 0.717) is 39.8 Å². The van der Waals surface area contributed by atoms with Crippen molar-refractivity contribution < 1.29 is 19.0 Å². The number of benzene rings is 3. The van der Waals surface area contributed by atoms with Crippen LogP contribution in [-0.4, -0.2) is 32.6 Å². The van der Waals surface area contributed by atoms with Crippen LogP contribution in [0.2, 0.25) is 0 Å². The van der Waals surface area contributed by atoms with E-state index in [1.54, 1.807) is 18.6 Å². The van der Waals surface area contributed by atoms with E-state index in [1.165, 1.54) is 18.5 Å². The summed E-state index contributed by atoms with van der Waals surface area (Å²) in [7, 11) is 0. The highest BCUT2D eigenvalue weighted by Crippen LogP contribution is 2.44. The molecule has 7 heteroatoms. The molecule has 0 fully saturated rings. The maximum atomic E-state index is 15.1. The standard InChI is InChI=1S/C28H20FN3O3/c1-15-8-22-21(17-12-30-14-31-13-17)9-18(29)10-23(22)27(20(15)11-25(33)34)19-2-3-24-26-16(5-7-35-24)4-6-32-28(19)26/h2-4,6,8-10,12-14H,5,7,11H2,1H3,(H,33,34). The lowest BCUT2D eigenvalue weighted by molar-refractivity contribution is -0.136. The molecule has 5 aromatic rings. The van der Waals surface area contributed by atoms with Gasteiger partial charge in [-0.25, -0.2) is 14.4 Å². The van der Waals surface area contributed by atoms with Gasteiger partial charge in [-0.1, -0.05) is 6.07 Å². The number of fused-ring (bicyclic) bond motifs is 1. The molecule has 3 heterocycles. The van der Waals surface area contributed by atoms with Crippen molar-refractivity contribution in [3.63, 3.8) is 0 Å². The van der Waals surface area contributed by atoms with Gasteiger partial charge in [0.1, 0.15) is 17.9 Å². The molecule has 1 aliphatic heterocycles. The van der Waals surface area contributed by atoms with Crippen LogP contribution < -0.4 is 4.74 Å². The monoisotopic (exact) mass is 465 g/mol. The highest BCUT2D eigenvalue weighted by atomic mass is 19.1. The Bertz CT molecular complexity index is 1640. The lowest BCUT2D eigenvalue weighted by Gasteiger charge is -2.22. The SMILES string of the molecule is Cc1cc2c(-c3cncnc3)cc(F)cc2c(-c2ccc3c4c(ccnc24)CCO3)c1CC(=O)O. The van der Waals surface area contributed by atoms with Crippen LogP contribution in [0.1, 0.15) is 16.7 Å². The smallest absolute Gasteiger partial charge is 0.307 e. The molecule has 0 radical (unpaired) electrons. The fraction of sp³-hybridized carbons (Fsp3) is 0.143. The molecule has 35 heavy (non-hydrogen) atoms. The van der Waals surface area contributed by atoms with Crippen LogP contribution in [0.25, 0.3) is 43.9 Å². The van der Waals surface area contributed by atoms with Crippen molar-refractivity contribution in [2.45, 2.75) is 19.8 Å². The highest BCUT2D eigenvalue weighted by molar-refractivity contribution is 6.11. The van der Waals surface area contributed by atoms with Gasteiger partial charge in [0.2, 0.25) is 0 Å². The zero-order chi connectivity index (χ0) is 24.1. The number of hydrogen-bond acceptors (Lipinski definition) is 5. The molecule has 0 spiro atoms. The molecule has 0 amide bonds. The summed E-state index contributed by atoms with van der Waals surface area (Å²) in [5.74, 6) is -0.634. The Hall–Kier alpha value is -4.39. The van der Waals surface area contributed by atoms with Crippen molar-refractivity contribution in [2.24, 2.45) is 0 Å². The number of pyridine rings is 1. The van der Waals surface area contributed by atoms with E-state index >= 15 is 4.39 Å². The van der Waals surface area contributed by atoms with Crippen LogP contribution in [0.4, 0.5) is 4.39 Å². The highest BCUT2D eigenvalue weighted by Gasteiger charge is 2.23. The Morgan fingerprint density at radius 1 is 1.09 bits per heavy atom. The van der Waals surface area contributed by atoms with Crippen molar-refractivity contribution in [2.75, 3.05) is 6.61 Å². The second kappa shape index (κ2) is 8.13. The van der Waals surface area contributed by atoms with E-state index in [2.05, 4.69) is 15.0 Å². The van der Waals surface area contributed by atoms with Crippen LogP contribution in [0.15, 0.2) is 61.3 Å². The third kappa shape index (κ3) is 3.47. The molecule has 6 nitrogen and oxygen atoms in total. The summed E-state index contributed by atoms with van der Waals surface area (Å²) in [5, 5.41) is 12.1. The largest absolute Gasteiger partial charge is 0.493 e. The summed E-state index contributed by atoms with van der Waals surface area (Å²) in [6.45, 7) is 2.48. The molecule has 3 aromatic carbocycles. The number of ether oxygens (including phenoxy) is 1. The number of carboxylic acids is 1. The van der Waals surface area contributed by atoms with Gasteiger partial charge in [-0.05, 0) is 75.8 Å². The van der Waals surface area contributed by atoms with E-state index in [-0.39, 0.29) is 6.42 Å². The van der Waals surface area contributed by atoms with Crippen molar-refractivity contribution in [3.05, 3.63) is 83.8 Å². The minimum Gasteiger partial charge on any atom is -0.493 e. The minimum atomic E-state index is -0.958. The first-order valence-corrected chi connectivity index (χ1v) is 11.3. The fourth-order valence-electron chi connectivity index (χ4n) is 5.11. The van der Waals surface area contributed by atoms with Gasteiger partial charge in [-0.15, -0.1) is 0 Å². The van der Waals surface area contributed by atoms with E-state index in [0.717, 1.165) is 39.6 Å². The fourth-order valence-corrected chi connectivity index (χ4v) is 5.11. The Balaban J connectivity index is 1.77. The average Bonchev–Trinajstić information content (AvgIpc) is 2.86. The van der Waals surface area contributed by atoms with Crippen molar-refractivity contribution >= 4 is 27.6 Å². The predicted molar refractivity (Wildman–Crippen MR) is 131 cm³/mol. The van der Waals surface area contributed by atoms with E-state index in [4.69, 9.17) is 4.74 Å². The normalized spacial score (nSPS) is 12.6. The summed E-state index contributed by atoms with van der Waals surface area (Å²) < 4.78 is 21.0. The van der Waals surface area contributed by atoms with Gasteiger partial charge >= 0.3 is 5.97 Å². The number of aliphatic carboxylic acids is 1. The molecule has 172 valence electrons. The Labute approximate surface area is 200 Å². The second-order valence-corrected chi connectivity index (χ2v) is 8.70. The van der Waals surface area contributed by atoms with Crippen LogP contribution in [0.5, 0.6) is 5.75 Å². The summed E-state index contributed by atoms with van der Waals surface area (Å²) in [4.78, 5) is 24.8. The van der Waals surface area contributed by atoms with Gasteiger partial charge in [0.25, 0.3) is 0 Å². The van der Waals surface area contributed by atoms with Gasteiger partial charge in [-0.2, -0.15) is 0 Å². The number of hydrogen-bond donors (Lipinski definition) is 1. The third-order valence-corrected chi connectivity index (χ3v) is 6.59. The molecule has 0 aliphatic carbocycles. The zero-order valence-corrected chi connectivity index (χ0v) is 18.9. The number of halogens is 1. The van der Waals surface area contributed by atoms with Crippen LogP contribution in [-0.2, 0) is 17.6 Å². The molecule has 0 saturated heterocycles. The first-order valence-electron chi connectivity index (χ1n) is 11.3. The van der Waals surface area contributed by atoms with Gasteiger partial charge in [-0.3, -0.25) is 9.78 Å². The average molecular weight is 465 g/mol. The zero-order valence-electron chi connectivity index (χ0n) is 18.9. The quantitative estimate of drug-likeness (QED) is 0.376. The van der Waals surface area contributed by atoms with Gasteiger partial charge < -0.3 is 9.84 Å². The van der Waals surface area contributed by atoms with E-state index in [1.807, 2.05) is 31.2 Å². The summed E-state index contributed by atoms with van der Waals surface area (Å²) >= 11 is 0. The topological polar surface area (TPSA) is 85.2 Å². The number of aromatic nitrogens is 3. The Morgan fingerprint density at radius 3 is 2.71 bits per heavy atom. The number of carboxylic acid groups (broad SMARTS) is 1. The maximum Gasteiger partial charge on any atom is 0.307 e. The molecule has 1 N–H and O–H groups in total. The lowest BCUT2D eigenvalue weighted by atomic mass is 9.85. The lowest BCUT2D eigenvalue weighted by Crippen LogP contribution is -2.10. The molecule has 0 bridgehead atoms. The molecule has 0 unspecified atom stereocenters. The summed E-state index contributed by atoms with van der Waals surface area (Å²) in [5.41, 5.74) is 6.02. The number of nitrogens with zero attached hydrogens (tertiary/aromatic N) is 3. The molecular weight excluding hydrogens is 445 g/mol. The Morgan fingerprint density at radius 2 is 1.91 bits per heavy atom. The third-order valence-electron chi connectivity index (χ3n) is 6.59. The summed E-state index contributed by atoms with van der Waals surface area (Å²) in [6.07, 6.45) is 7.04. The maximum absolute atomic E-state index is 15.1. The molecule has 6 rings (SSSR count). The first-order chi connectivity index (χ1) is 17.0. The van der Waals surface area contributed by atoms with Crippen LogP contribution in [0, 0.1) is 12.7 Å².